The summed E-state index contributed by atoms with van der Waals surface area (Å²) < 4.78 is 30.8. The first-order valence-electron chi connectivity index (χ1n) is 7.82. The fraction of sp³-hybridized carbons (Fsp3) is 0.312. The Labute approximate surface area is 152 Å². The Hall–Kier alpha value is -2.88. The topological polar surface area (TPSA) is 120 Å². The van der Waals surface area contributed by atoms with Crippen LogP contribution in [0.2, 0.25) is 0 Å². The second kappa shape index (κ2) is 6.45. The third-order valence-corrected chi connectivity index (χ3v) is 6.11. The molecule has 3 heterocycles. The van der Waals surface area contributed by atoms with Crippen molar-refractivity contribution in [3.8, 4) is 5.75 Å². The van der Waals surface area contributed by atoms with Gasteiger partial charge in [0.15, 0.2) is 11.6 Å². The van der Waals surface area contributed by atoms with E-state index in [2.05, 4.69) is 20.6 Å². The van der Waals surface area contributed by atoms with Crippen LogP contribution in [0.1, 0.15) is 12.6 Å². The lowest BCUT2D eigenvalue weighted by atomic mass is 9.99. The number of guanidine groups is 1. The Kier molecular flexibility index (Phi) is 4.45. The maximum absolute atomic E-state index is 12.3. The molecule has 2 aromatic rings. The van der Waals surface area contributed by atoms with Gasteiger partial charge in [-0.15, -0.1) is 0 Å². The monoisotopic (exact) mass is 376 g/mol. The zero-order valence-electron chi connectivity index (χ0n) is 14.6. The van der Waals surface area contributed by atoms with Gasteiger partial charge >= 0.3 is 0 Å². The van der Waals surface area contributed by atoms with Crippen molar-refractivity contribution in [2.24, 2.45) is 0 Å². The van der Waals surface area contributed by atoms with E-state index < -0.39 is 15.6 Å². The van der Waals surface area contributed by atoms with Crippen LogP contribution in [-0.2, 0) is 15.6 Å². The predicted octanol–water partition coefficient (Wildman–Crippen LogP) is 1.24. The molecule has 0 unspecified atom stereocenters. The molecule has 1 aliphatic heterocycles. The number of hydrogen-bond acceptors (Lipinski definition) is 7. The molecule has 2 aromatic heterocycles. The average Bonchev–Trinajstić information content (AvgIpc) is 2.60. The molecule has 10 heteroatoms. The van der Waals surface area contributed by atoms with E-state index in [1.807, 2.05) is 0 Å². The zero-order valence-corrected chi connectivity index (χ0v) is 15.5. The van der Waals surface area contributed by atoms with Crippen LogP contribution in [0.5, 0.6) is 5.75 Å². The highest BCUT2D eigenvalue weighted by Gasteiger charge is 2.42. The maximum Gasteiger partial charge on any atom is 0.239 e. The molecule has 0 aliphatic carbocycles. The first-order valence-corrected chi connectivity index (χ1v) is 9.43. The molecular formula is C16H20N6O3S. The number of aromatic nitrogens is 2. The van der Waals surface area contributed by atoms with Crippen LogP contribution < -0.4 is 15.4 Å². The summed E-state index contributed by atoms with van der Waals surface area (Å²) in [6, 6.07) is 8.76. The molecule has 3 rings (SSSR count). The van der Waals surface area contributed by atoms with Crippen LogP contribution in [0.25, 0.3) is 0 Å². The van der Waals surface area contributed by atoms with Crippen molar-refractivity contribution in [3.63, 3.8) is 0 Å². The summed E-state index contributed by atoms with van der Waals surface area (Å²) in [4.78, 5) is 8.74. The van der Waals surface area contributed by atoms with Gasteiger partial charge in [0.25, 0.3) is 0 Å². The summed E-state index contributed by atoms with van der Waals surface area (Å²) in [5, 5.41) is 13.9. The van der Waals surface area contributed by atoms with Crippen molar-refractivity contribution in [2.75, 3.05) is 25.2 Å². The normalized spacial score (nSPS) is 21.8. The summed E-state index contributed by atoms with van der Waals surface area (Å²) in [7, 11) is -0.697. The lowest BCUT2D eigenvalue weighted by Gasteiger charge is -2.39. The standard InChI is InChI=1S/C16H20N6O3S/c1-16(10-26(23,24)22(2)15(17)21-16)12-7-4-8-13(19-12)20-14-11(25-3)6-5-9-18-14/h4-9H,10H2,1-3H3,(H2,17,21)(H,18,19,20)/t16-/m0/s1. The third kappa shape index (κ3) is 3.27. The van der Waals surface area contributed by atoms with E-state index in [0.29, 0.717) is 23.1 Å². The van der Waals surface area contributed by atoms with Gasteiger partial charge in [-0.2, -0.15) is 0 Å². The molecule has 0 radical (unpaired) electrons. The number of rotatable bonds is 4. The second-order valence-corrected chi connectivity index (χ2v) is 8.12. The molecule has 138 valence electrons. The van der Waals surface area contributed by atoms with Crippen LogP contribution >= 0.6 is 0 Å². The van der Waals surface area contributed by atoms with E-state index in [-0.39, 0.29) is 11.7 Å². The van der Waals surface area contributed by atoms with Crippen LogP contribution in [-0.4, -0.2) is 48.6 Å². The van der Waals surface area contributed by atoms with Crippen molar-refractivity contribution >= 4 is 27.6 Å². The minimum Gasteiger partial charge on any atom is -0.493 e. The number of pyridine rings is 2. The van der Waals surface area contributed by atoms with Gasteiger partial charge in [-0.05, 0) is 31.2 Å². The quantitative estimate of drug-likeness (QED) is 0.734. The molecule has 0 spiro atoms. The number of anilines is 2. The molecule has 3 N–H and O–H groups in total. The average molecular weight is 376 g/mol. The van der Waals surface area contributed by atoms with E-state index in [1.165, 1.54) is 7.05 Å². The first kappa shape index (κ1) is 17.9. The van der Waals surface area contributed by atoms with E-state index in [0.717, 1.165) is 4.31 Å². The Balaban J connectivity index is 1.93. The van der Waals surface area contributed by atoms with Crippen LogP contribution in [0, 0.1) is 5.41 Å². The first-order chi connectivity index (χ1) is 12.2. The lowest BCUT2D eigenvalue weighted by molar-refractivity contribution is 0.410. The zero-order chi connectivity index (χ0) is 18.9. The highest BCUT2D eigenvalue weighted by Crippen LogP contribution is 2.29. The highest BCUT2D eigenvalue weighted by atomic mass is 32.2. The van der Waals surface area contributed by atoms with Crippen molar-refractivity contribution < 1.29 is 13.2 Å². The van der Waals surface area contributed by atoms with E-state index in [9.17, 15) is 8.42 Å². The van der Waals surface area contributed by atoms with Crippen molar-refractivity contribution in [1.82, 2.24) is 19.6 Å². The number of nitrogens with zero attached hydrogens (tertiary/aromatic N) is 3. The summed E-state index contributed by atoms with van der Waals surface area (Å²) in [6.45, 7) is 1.71. The summed E-state index contributed by atoms with van der Waals surface area (Å²) in [5.41, 5.74) is -0.521. The number of sulfonamides is 1. The number of ether oxygens (including phenoxy) is 1. The fourth-order valence-electron chi connectivity index (χ4n) is 2.70. The van der Waals surface area contributed by atoms with Crippen LogP contribution in [0.3, 0.4) is 0 Å². The third-order valence-electron chi connectivity index (χ3n) is 4.15. The molecular weight excluding hydrogens is 356 g/mol. The molecule has 1 saturated heterocycles. The molecule has 0 amide bonds. The van der Waals surface area contributed by atoms with Gasteiger partial charge < -0.3 is 15.4 Å². The molecule has 0 aromatic carbocycles. The Morgan fingerprint density at radius 2 is 2.12 bits per heavy atom. The molecule has 1 fully saturated rings. The van der Waals surface area contributed by atoms with Crippen molar-refractivity contribution in [3.05, 3.63) is 42.2 Å². The minimum atomic E-state index is -3.60. The van der Waals surface area contributed by atoms with E-state index in [4.69, 9.17) is 10.1 Å². The predicted molar refractivity (Wildman–Crippen MR) is 98.1 cm³/mol. The largest absolute Gasteiger partial charge is 0.493 e. The lowest BCUT2D eigenvalue weighted by Crippen LogP contribution is -2.61. The Morgan fingerprint density at radius 1 is 1.35 bits per heavy atom. The van der Waals surface area contributed by atoms with E-state index >= 15 is 0 Å². The Morgan fingerprint density at radius 3 is 2.81 bits per heavy atom. The molecule has 9 nitrogen and oxygen atoms in total. The summed E-state index contributed by atoms with van der Waals surface area (Å²) in [6.07, 6.45) is 1.63. The van der Waals surface area contributed by atoms with Gasteiger partial charge in [0.1, 0.15) is 5.82 Å². The van der Waals surface area contributed by atoms with Gasteiger partial charge in [-0.1, -0.05) is 6.07 Å². The SMILES string of the molecule is COc1cccnc1Nc1cccc([C@]2(C)CS(=O)(=O)N(C)C(=N)N2)n1. The maximum atomic E-state index is 12.3. The molecule has 1 atom stereocenters. The second-order valence-electron chi connectivity index (χ2n) is 6.12. The Bertz CT molecular complexity index is 949. The van der Waals surface area contributed by atoms with E-state index in [1.54, 1.807) is 50.6 Å². The van der Waals surface area contributed by atoms with Crippen molar-refractivity contribution in [1.29, 1.82) is 5.41 Å². The van der Waals surface area contributed by atoms with Gasteiger partial charge in [0.05, 0.1) is 24.1 Å². The van der Waals surface area contributed by atoms with Gasteiger partial charge in [-0.3, -0.25) is 5.41 Å². The fourth-order valence-corrected chi connectivity index (χ4v) is 4.16. The highest BCUT2D eigenvalue weighted by molar-refractivity contribution is 7.89. The minimum absolute atomic E-state index is 0.190. The van der Waals surface area contributed by atoms with Gasteiger partial charge in [0, 0.05) is 13.2 Å². The van der Waals surface area contributed by atoms with Crippen molar-refractivity contribution in [2.45, 2.75) is 12.5 Å². The van der Waals surface area contributed by atoms with Gasteiger partial charge in [-0.25, -0.2) is 22.7 Å². The smallest absolute Gasteiger partial charge is 0.239 e. The molecule has 26 heavy (non-hydrogen) atoms. The summed E-state index contributed by atoms with van der Waals surface area (Å²) >= 11 is 0. The number of hydrogen-bond donors (Lipinski definition) is 3. The molecule has 1 aliphatic rings. The molecule has 0 saturated carbocycles. The summed E-state index contributed by atoms with van der Waals surface area (Å²) in [5.74, 6) is 1.16. The van der Waals surface area contributed by atoms with Gasteiger partial charge in [0.2, 0.25) is 16.0 Å². The van der Waals surface area contributed by atoms with Crippen LogP contribution in [0.15, 0.2) is 36.5 Å². The number of nitrogens with one attached hydrogen (secondary N) is 3. The number of methoxy groups -OCH3 is 1. The molecule has 0 bridgehead atoms. The van der Waals surface area contributed by atoms with Crippen LogP contribution in [0.4, 0.5) is 11.6 Å².